The highest BCUT2D eigenvalue weighted by Gasteiger charge is 2.14. The van der Waals surface area contributed by atoms with E-state index >= 15 is 0 Å². The first-order valence-electron chi connectivity index (χ1n) is 5.32. The van der Waals surface area contributed by atoms with Crippen molar-refractivity contribution in [2.45, 2.75) is 25.0 Å². The average Bonchev–Trinajstić information content (AvgIpc) is 2.15. The van der Waals surface area contributed by atoms with Crippen LogP contribution in [0.15, 0.2) is 0 Å². The molecule has 0 bridgehead atoms. The van der Waals surface area contributed by atoms with Crippen LogP contribution in [0.2, 0.25) is 0 Å². The molecule has 1 heterocycles. The molecule has 0 spiro atoms. The Kier molecular flexibility index (Phi) is 5.40. The van der Waals surface area contributed by atoms with Gasteiger partial charge in [-0.3, -0.25) is 0 Å². The van der Waals surface area contributed by atoms with Gasteiger partial charge in [-0.15, -0.1) is 0 Å². The Morgan fingerprint density at radius 1 is 1.43 bits per heavy atom. The number of nitrogens with one attached hydrogen (secondary N) is 1. The molecule has 0 amide bonds. The van der Waals surface area contributed by atoms with Gasteiger partial charge in [-0.05, 0) is 26.9 Å². The highest BCUT2D eigenvalue weighted by Crippen LogP contribution is 2.05. The predicted octanol–water partition coefficient (Wildman–Crippen LogP) is -0.322. The van der Waals surface area contributed by atoms with E-state index in [1.54, 1.807) is 0 Å². The number of aliphatic hydroxyl groups excluding tert-OH is 1. The lowest BCUT2D eigenvalue weighted by Gasteiger charge is -2.25. The maximum Gasteiger partial charge on any atom is 0.0791 e. The quantitative estimate of drug-likeness (QED) is 0.641. The fourth-order valence-corrected chi connectivity index (χ4v) is 1.69. The van der Waals surface area contributed by atoms with Crippen molar-refractivity contribution < 1.29 is 9.84 Å². The highest BCUT2D eigenvalue weighted by molar-refractivity contribution is 4.72. The van der Waals surface area contributed by atoms with Gasteiger partial charge in [0.1, 0.15) is 0 Å². The van der Waals surface area contributed by atoms with Crippen LogP contribution in [0.3, 0.4) is 0 Å². The van der Waals surface area contributed by atoms with Crippen LogP contribution in [0.5, 0.6) is 0 Å². The second kappa shape index (κ2) is 6.35. The summed E-state index contributed by atoms with van der Waals surface area (Å²) in [5.74, 6) is 0. The van der Waals surface area contributed by atoms with E-state index in [4.69, 9.17) is 4.74 Å². The lowest BCUT2D eigenvalue weighted by atomic mass is 10.1. The van der Waals surface area contributed by atoms with E-state index in [0.717, 1.165) is 32.6 Å². The average molecular weight is 202 g/mol. The summed E-state index contributed by atoms with van der Waals surface area (Å²) in [6.07, 6.45) is 1.86. The number of aliphatic hydroxyl groups is 1. The van der Waals surface area contributed by atoms with Crippen LogP contribution < -0.4 is 5.32 Å². The van der Waals surface area contributed by atoms with Crippen LogP contribution in [-0.4, -0.2) is 62.6 Å². The third-order valence-electron chi connectivity index (χ3n) is 2.44. The predicted molar refractivity (Wildman–Crippen MR) is 56.4 cm³/mol. The van der Waals surface area contributed by atoms with E-state index in [9.17, 15) is 5.11 Å². The minimum Gasteiger partial charge on any atom is -0.390 e. The second-order valence-corrected chi connectivity index (χ2v) is 4.21. The molecule has 0 aromatic heterocycles. The van der Waals surface area contributed by atoms with Gasteiger partial charge in [-0.2, -0.15) is 0 Å². The lowest BCUT2D eigenvalue weighted by Crippen LogP contribution is -2.42. The molecule has 1 aliphatic rings. The first kappa shape index (κ1) is 11.9. The Bertz CT molecular complexity index is 147. The maximum absolute atomic E-state index is 9.61. The zero-order valence-electron chi connectivity index (χ0n) is 9.20. The van der Waals surface area contributed by atoms with Crippen molar-refractivity contribution in [3.63, 3.8) is 0 Å². The molecule has 0 radical (unpaired) electrons. The van der Waals surface area contributed by atoms with Crippen LogP contribution in [0.4, 0.5) is 0 Å². The molecule has 1 fully saturated rings. The molecule has 4 heteroatoms. The molecule has 0 aromatic carbocycles. The third-order valence-corrected chi connectivity index (χ3v) is 2.44. The molecular weight excluding hydrogens is 180 g/mol. The number of ether oxygens (including phenoxy) is 1. The Hall–Kier alpha value is -0.160. The largest absolute Gasteiger partial charge is 0.390 e. The van der Waals surface area contributed by atoms with Crippen molar-refractivity contribution >= 4 is 0 Å². The van der Waals surface area contributed by atoms with Crippen molar-refractivity contribution in [3.05, 3.63) is 0 Å². The highest BCUT2D eigenvalue weighted by atomic mass is 16.5. The van der Waals surface area contributed by atoms with Crippen molar-refractivity contribution in [1.29, 1.82) is 0 Å². The maximum atomic E-state index is 9.61. The summed E-state index contributed by atoms with van der Waals surface area (Å²) in [6.45, 7) is 3.10. The summed E-state index contributed by atoms with van der Waals surface area (Å²) in [4.78, 5) is 2.00. The molecule has 1 unspecified atom stereocenters. The van der Waals surface area contributed by atoms with Crippen LogP contribution in [0, 0.1) is 0 Å². The number of hydrogen-bond acceptors (Lipinski definition) is 4. The minimum absolute atomic E-state index is 0.271. The number of hydrogen-bond donors (Lipinski definition) is 2. The Morgan fingerprint density at radius 2 is 2.07 bits per heavy atom. The van der Waals surface area contributed by atoms with Gasteiger partial charge in [0.05, 0.1) is 6.10 Å². The standard InChI is InChI=1S/C10H22N2O2/c1-12(2)8-10(13)7-11-9-3-5-14-6-4-9/h9-11,13H,3-8H2,1-2H3. The summed E-state index contributed by atoms with van der Waals surface area (Å²) < 4.78 is 5.26. The molecule has 14 heavy (non-hydrogen) atoms. The van der Waals surface area contributed by atoms with Crippen molar-refractivity contribution in [2.24, 2.45) is 0 Å². The van der Waals surface area contributed by atoms with Gasteiger partial charge in [0, 0.05) is 32.3 Å². The van der Waals surface area contributed by atoms with Gasteiger partial charge in [-0.25, -0.2) is 0 Å². The molecule has 0 aromatic rings. The van der Waals surface area contributed by atoms with Crippen molar-refractivity contribution in [2.75, 3.05) is 40.4 Å². The van der Waals surface area contributed by atoms with Crippen molar-refractivity contribution in [1.82, 2.24) is 10.2 Å². The molecule has 1 saturated heterocycles. The first-order chi connectivity index (χ1) is 6.68. The zero-order valence-corrected chi connectivity index (χ0v) is 9.20. The molecule has 4 nitrogen and oxygen atoms in total. The van der Waals surface area contributed by atoms with Gasteiger partial charge in [-0.1, -0.05) is 0 Å². The van der Waals surface area contributed by atoms with Gasteiger partial charge in [0.25, 0.3) is 0 Å². The van der Waals surface area contributed by atoms with E-state index in [0.29, 0.717) is 12.6 Å². The molecule has 1 atom stereocenters. The Morgan fingerprint density at radius 3 is 2.64 bits per heavy atom. The van der Waals surface area contributed by atoms with Crippen LogP contribution in [0.1, 0.15) is 12.8 Å². The third kappa shape index (κ3) is 4.91. The monoisotopic (exact) mass is 202 g/mol. The first-order valence-corrected chi connectivity index (χ1v) is 5.32. The molecule has 2 N–H and O–H groups in total. The molecule has 1 rings (SSSR count). The summed E-state index contributed by atoms with van der Waals surface area (Å²) in [6, 6.07) is 0.528. The molecule has 0 aliphatic carbocycles. The smallest absolute Gasteiger partial charge is 0.0791 e. The Labute approximate surface area is 86.2 Å². The van der Waals surface area contributed by atoms with Crippen LogP contribution >= 0.6 is 0 Å². The van der Waals surface area contributed by atoms with E-state index in [-0.39, 0.29) is 6.10 Å². The van der Waals surface area contributed by atoms with E-state index in [1.165, 1.54) is 0 Å². The van der Waals surface area contributed by atoms with Crippen LogP contribution in [-0.2, 0) is 4.74 Å². The summed E-state index contributed by atoms with van der Waals surface area (Å²) in [5.41, 5.74) is 0. The van der Waals surface area contributed by atoms with Gasteiger partial charge in [0.15, 0.2) is 0 Å². The fraction of sp³-hybridized carbons (Fsp3) is 1.00. The summed E-state index contributed by atoms with van der Waals surface area (Å²) in [5, 5.41) is 13.0. The van der Waals surface area contributed by atoms with Crippen molar-refractivity contribution in [3.8, 4) is 0 Å². The van der Waals surface area contributed by atoms with Gasteiger partial charge in [0.2, 0.25) is 0 Å². The summed E-state index contributed by atoms with van der Waals surface area (Å²) >= 11 is 0. The van der Waals surface area contributed by atoms with Crippen LogP contribution in [0.25, 0.3) is 0 Å². The van der Waals surface area contributed by atoms with E-state index in [2.05, 4.69) is 5.32 Å². The normalized spacial score (nSPS) is 21.4. The zero-order chi connectivity index (χ0) is 10.4. The molecular formula is C10H22N2O2. The molecule has 1 aliphatic heterocycles. The van der Waals surface area contributed by atoms with Gasteiger partial charge < -0.3 is 20.1 Å². The van der Waals surface area contributed by atoms with E-state index in [1.807, 2.05) is 19.0 Å². The number of rotatable bonds is 5. The minimum atomic E-state index is -0.271. The molecule has 84 valence electrons. The van der Waals surface area contributed by atoms with E-state index < -0.39 is 0 Å². The lowest BCUT2D eigenvalue weighted by molar-refractivity contribution is 0.0698. The summed E-state index contributed by atoms with van der Waals surface area (Å²) in [7, 11) is 3.94. The molecule has 0 saturated carbocycles. The Balaban J connectivity index is 2.06. The number of likely N-dealkylation sites (N-methyl/N-ethyl adjacent to an activating group) is 1. The SMILES string of the molecule is CN(C)CC(O)CNC1CCOCC1. The fourth-order valence-electron chi connectivity index (χ4n) is 1.69. The van der Waals surface area contributed by atoms with Gasteiger partial charge >= 0.3 is 0 Å². The number of nitrogens with zero attached hydrogens (tertiary/aromatic N) is 1. The topological polar surface area (TPSA) is 44.7 Å². The second-order valence-electron chi connectivity index (χ2n) is 4.21.